The molecule has 0 aliphatic heterocycles. The Balaban J connectivity index is 1.68. The summed E-state index contributed by atoms with van der Waals surface area (Å²) < 4.78 is 0. The first-order valence-corrected chi connectivity index (χ1v) is 8.52. The lowest BCUT2D eigenvalue weighted by Gasteiger charge is -2.11. The number of fused-ring (bicyclic) bond motifs is 1. The van der Waals surface area contributed by atoms with E-state index in [0.29, 0.717) is 19.3 Å². The zero-order valence-corrected chi connectivity index (χ0v) is 13.1. The van der Waals surface area contributed by atoms with Crippen molar-refractivity contribution in [3.05, 3.63) is 16.0 Å². The molecule has 0 bridgehead atoms. The molecule has 1 amide bonds. The van der Waals surface area contributed by atoms with Crippen molar-refractivity contribution < 1.29 is 14.7 Å². The second kappa shape index (κ2) is 5.79. The van der Waals surface area contributed by atoms with Crippen molar-refractivity contribution in [1.82, 2.24) is 0 Å². The standard InChI is InChI=1S/C16H21NO3S/c1-9-12-4-2-3-5-13(12)21-15(9)17-14(18)10-6-7-11(8-10)16(19)20/h10-11H,2-8H2,1H3,(H,17,18)(H,19,20)/t10-,11+/m1/s1. The first-order chi connectivity index (χ1) is 10.1. The lowest BCUT2D eigenvalue weighted by molar-refractivity contribution is -0.141. The van der Waals surface area contributed by atoms with Crippen LogP contribution in [0.25, 0.3) is 0 Å². The molecular formula is C16H21NO3S. The summed E-state index contributed by atoms with van der Waals surface area (Å²) in [5, 5.41) is 13.1. The lowest BCUT2D eigenvalue weighted by Crippen LogP contribution is -2.21. The van der Waals surface area contributed by atoms with Gasteiger partial charge in [0, 0.05) is 10.8 Å². The summed E-state index contributed by atoms with van der Waals surface area (Å²) in [6, 6.07) is 0. The molecule has 4 nitrogen and oxygen atoms in total. The van der Waals surface area contributed by atoms with Crippen molar-refractivity contribution in [3.63, 3.8) is 0 Å². The minimum absolute atomic E-state index is 0.000414. The zero-order chi connectivity index (χ0) is 15.0. The Labute approximate surface area is 128 Å². The van der Waals surface area contributed by atoms with Gasteiger partial charge in [-0.3, -0.25) is 9.59 Å². The van der Waals surface area contributed by atoms with Gasteiger partial charge in [-0.2, -0.15) is 0 Å². The monoisotopic (exact) mass is 307 g/mol. The van der Waals surface area contributed by atoms with E-state index >= 15 is 0 Å². The molecule has 1 saturated carbocycles. The highest BCUT2D eigenvalue weighted by atomic mass is 32.1. The minimum atomic E-state index is -0.770. The van der Waals surface area contributed by atoms with E-state index in [1.54, 1.807) is 11.3 Å². The second-order valence-electron chi connectivity index (χ2n) is 6.20. The number of carbonyl (C=O) groups excluding carboxylic acids is 1. The molecule has 1 fully saturated rings. The molecule has 0 unspecified atom stereocenters. The second-order valence-corrected chi connectivity index (χ2v) is 7.30. The summed E-state index contributed by atoms with van der Waals surface area (Å²) in [5.41, 5.74) is 2.65. The van der Waals surface area contributed by atoms with Gasteiger partial charge in [0.25, 0.3) is 0 Å². The third kappa shape index (κ3) is 2.84. The number of aryl methyl sites for hydroxylation is 1. The topological polar surface area (TPSA) is 66.4 Å². The molecule has 2 aliphatic carbocycles. The molecule has 3 rings (SSSR count). The van der Waals surface area contributed by atoms with Crippen molar-refractivity contribution in [1.29, 1.82) is 0 Å². The first kappa shape index (κ1) is 14.6. The maximum Gasteiger partial charge on any atom is 0.306 e. The Hall–Kier alpha value is -1.36. The van der Waals surface area contributed by atoms with Gasteiger partial charge in [0.2, 0.25) is 5.91 Å². The highest BCUT2D eigenvalue weighted by Gasteiger charge is 2.34. The van der Waals surface area contributed by atoms with Gasteiger partial charge in [-0.25, -0.2) is 0 Å². The van der Waals surface area contributed by atoms with Gasteiger partial charge in [0.05, 0.1) is 10.9 Å². The smallest absolute Gasteiger partial charge is 0.306 e. The normalized spacial score (nSPS) is 24.6. The number of nitrogens with one attached hydrogen (secondary N) is 1. The number of carboxylic acid groups (broad SMARTS) is 1. The molecule has 0 saturated heterocycles. The maximum atomic E-state index is 12.4. The van der Waals surface area contributed by atoms with Gasteiger partial charge in [0.1, 0.15) is 0 Å². The van der Waals surface area contributed by atoms with E-state index in [9.17, 15) is 9.59 Å². The van der Waals surface area contributed by atoms with E-state index in [0.717, 1.165) is 17.8 Å². The number of amides is 1. The fraction of sp³-hybridized carbons (Fsp3) is 0.625. The molecule has 5 heteroatoms. The van der Waals surface area contributed by atoms with Gasteiger partial charge in [-0.1, -0.05) is 0 Å². The molecule has 1 heterocycles. The van der Waals surface area contributed by atoms with Crippen LogP contribution in [0.5, 0.6) is 0 Å². The molecule has 2 N–H and O–H groups in total. The van der Waals surface area contributed by atoms with E-state index in [4.69, 9.17) is 5.11 Å². The van der Waals surface area contributed by atoms with Crippen LogP contribution in [0.1, 0.15) is 48.1 Å². The third-order valence-electron chi connectivity index (χ3n) is 4.83. The van der Waals surface area contributed by atoms with Gasteiger partial charge in [0.15, 0.2) is 0 Å². The van der Waals surface area contributed by atoms with Gasteiger partial charge >= 0.3 is 5.97 Å². The average molecular weight is 307 g/mol. The van der Waals surface area contributed by atoms with Crippen LogP contribution >= 0.6 is 11.3 Å². The van der Waals surface area contributed by atoms with Crippen LogP contribution in [0.4, 0.5) is 5.00 Å². The molecular weight excluding hydrogens is 286 g/mol. The minimum Gasteiger partial charge on any atom is -0.481 e. The summed E-state index contributed by atoms with van der Waals surface area (Å²) in [4.78, 5) is 24.8. The fourth-order valence-corrected chi connectivity index (χ4v) is 4.80. The highest BCUT2D eigenvalue weighted by molar-refractivity contribution is 7.16. The molecule has 2 aliphatic rings. The van der Waals surface area contributed by atoms with Crippen molar-refractivity contribution in [2.45, 2.75) is 51.9 Å². The lowest BCUT2D eigenvalue weighted by atomic mass is 9.96. The first-order valence-electron chi connectivity index (χ1n) is 7.71. The number of hydrogen-bond acceptors (Lipinski definition) is 3. The number of hydrogen-bond donors (Lipinski definition) is 2. The van der Waals surface area contributed by atoms with E-state index < -0.39 is 5.97 Å². The molecule has 0 aromatic carbocycles. The Morgan fingerprint density at radius 3 is 2.57 bits per heavy atom. The van der Waals surface area contributed by atoms with Gasteiger partial charge in [-0.05, 0) is 63.0 Å². The number of aliphatic carboxylic acids is 1. The molecule has 21 heavy (non-hydrogen) atoms. The van der Waals surface area contributed by atoms with Crippen LogP contribution in [-0.4, -0.2) is 17.0 Å². The van der Waals surface area contributed by atoms with Crippen LogP contribution in [0.2, 0.25) is 0 Å². The van der Waals surface area contributed by atoms with Crippen LogP contribution in [-0.2, 0) is 22.4 Å². The van der Waals surface area contributed by atoms with Crippen LogP contribution in [0, 0.1) is 18.8 Å². The van der Waals surface area contributed by atoms with Gasteiger partial charge < -0.3 is 10.4 Å². The van der Waals surface area contributed by atoms with Crippen molar-refractivity contribution in [2.24, 2.45) is 11.8 Å². The third-order valence-corrected chi connectivity index (χ3v) is 6.13. The van der Waals surface area contributed by atoms with Gasteiger partial charge in [-0.15, -0.1) is 11.3 Å². The van der Waals surface area contributed by atoms with Crippen LogP contribution < -0.4 is 5.32 Å². The Morgan fingerprint density at radius 2 is 1.90 bits per heavy atom. The fourth-order valence-electron chi connectivity index (χ4n) is 3.50. The Morgan fingerprint density at radius 1 is 1.19 bits per heavy atom. The van der Waals surface area contributed by atoms with Crippen LogP contribution in [0.15, 0.2) is 0 Å². The molecule has 0 radical (unpaired) electrons. The molecule has 2 atom stereocenters. The predicted molar refractivity (Wildman–Crippen MR) is 82.8 cm³/mol. The van der Waals surface area contributed by atoms with Crippen molar-refractivity contribution in [3.8, 4) is 0 Å². The van der Waals surface area contributed by atoms with E-state index in [1.165, 1.54) is 28.8 Å². The highest BCUT2D eigenvalue weighted by Crippen LogP contribution is 2.38. The molecule has 1 aromatic heterocycles. The molecule has 114 valence electrons. The molecule has 1 aromatic rings. The summed E-state index contributed by atoms with van der Waals surface area (Å²) in [6.45, 7) is 2.09. The van der Waals surface area contributed by atoms with Crippen molar-refractivity contribution in [2.75, 3.05) is 5.32 Å². The number of rotatable bonds is 3. The summed E-state index contributed by atoms with van der Waals surface area (Å²) in [7, 11) is 0. The van der Waals surface area contributed by atoms with Crippen molar-refractivity contribution >= 4 is 28.2 Å². The number of thiophene rings is 1. The summed E-state index contributed by atoms with van der Waals surface area (Å²) in [6.07, 6.45) is 6.51. The number of carbonyl (C=O) groups is 2. The number of anilines is 1. The number of carboxylic acids is 1. The zero-order valence-electron chi connectivity index (χ0n) is 12.3. The maximum absolute atomic E-state index is 12.4. The van der Waals surface area contributed by atoms with E-state index in [1.807, 2.05) is 0 Å². The van der Waals surface area contributed by atoms with E-state index in [-0.39, 0.29) is 17.7 Å². The largest absolute Gasteiger partial charge is 0.481 e. The van der Waals surface area contributed by atoms with Crippen LogP contribution in [0.3, 0.4) is 0 Å². The predicted octanol–water partition coefficient (Wildman–Crippen LogP) is 3.37. The Bertz CT molecular complexity index is 578. The summed E-state index contributed by atoms with van der Waals surface area (Å²) >= 11 is 1.71. The Kier molecular flexibility index (Phi) is 4.02. The summed E-state index contributed by atoms with van der Waals surface area (Å²) in [5.74, 6) is -1.27. The SMILES string of the molecule is Cc1c(NC(=O)[C@@H]2CC[C@H](C(=O)O)C2)sc2c1CCCC2. The average Bonchev–Trinajstić information content (AvgIpc) is 3.06. The van der Waals surface area contributed by atoms with E-state index in [2.05, 4.69) is 12.2 Å². The quantitative estimate of drug-likeness (QED) is 0.899. The molecule has 0 spiro atoms.